The molecule has 5 aromatic rings. The van der Waals surface area contributed by atoms with Gasteiger partial charge in [0.05, 0.1) is 34.9 Å². The van der Waals surface area contributed by atoms with Crippen LogP contribution < -0.4 is 0 Å². The Labute approximate surface area is 246 Å². The lowest BCUT2D eigenvalue weighted by atomic mass is 9.80. The molecule has 5 aromatic carbocycles. The SMILES string of the molecule is CC1(C)c2cc(C#N)ccc2-c2ccc(-c3cc(C#N)cc(-c4ccc5c(c4)C(C)(C)c4cc(C#N)ccc4-5)c3)cc21. The van der Waals surface area contributed by atoms with Crippen LogP contribution >= 0.6 is 0 Å². The topological polar surface area (TPSA) is 71.4 Å². The van der Waals surface area contributed by atoms with Crippen LogP contribution in [0.25, 0.3) is 44.5 Å². The van der Waals surface area contributed by atoms with Gasteiger partial charge >= 0.3 is 0 Å². The summed E-state index contributed by atoms with van der Waals surface area (Å²) in [5, 5.41) is 28.9. The fraction of sp³-hybridized carbons (Fsp3) is 0.154. The van der Waals surface area contributed by atoms with Gasteiger partial charge < -0.3 is 0 Å². The van der Waals surface area contributed by atoms with Gasteiger partial charge in [0, 0.05) is 10.8 Å². The Morgan fingerprint density at radius 1 is 0.381 bits per heavy atom. The highest BCUT2D eigenvalue weighted by atomic mass is 14.4. The third-order valence-electron chi connectivity index (χ3n) is 9.34. The Balaban J connectivity index is 1.33. The van der Waals surface area contributed by atoms with Gasteiger partial charge in [-0.1, -0.05) is 64.1 Å². The first kappa shape index (κ1) is 25.5. The number of hydrogen-bond donors (Lipinski definition) is 0. The lowest BCUT2D eigenvalue weighted by Crippen LogP contribution is -2.15. The van der Waals surface area contributed by atoms with Crippen molar-refractivity contribution in [1.82, 2.24) is 0 Å². The second-order valence-electron chi connectivity index (χ2n) is 12.4. The highest BCUT2D eigenvalue weighted by Crippen LogP contribution is 2.51. The molecule has 0 saturated heterocycles. The molecule has 2 aliphatic carbocycles. The Morgan fingerprint density at radius 2 is 0.738 bits per heavy atom. The highest BCUT2D eigenvalue weighted by molar-refractivity contribution is 5.87. The summed E-state index contributed by atoms with van der Waals surface area (Å²) in [4.78, 5) is 0. The maximum Gasteiger partial charge on any atom is 0.0992 e. The Bertz CT molecular complexity index is 1980. The average molecular weight is 538 g/mol. The van der Waals surface area contributed by atoms with Gasteiger partial charge in [0.25, 0.3) is 0 Å². The predicted molar refractivity (Wildman–Crippen MR) is 167 cm³/mol. The molecule has 2 aliphatic rings. The first-order valence-corrected chi connectivity index (χ1v) is 14.1. The number of nitrogens with zero attached hydrogens (tertiary/aromatic N) is 3. The maximum absolute atomic E-state index is 9.99. The van der Waals surface area contributed by atoms with Crippen molar-refractivity contribution in [3.05, 3.63) is 130 Å². The zero-order valence-electron chi connectivity index (χ0n) is 24.0. The van der Waals surface area contributed by atoms with Crippen LogP contribution in [0, 0.1) is 34.0 Å². The van der Waals surface area contributed by atoms with E-state index in [1.54, 1.807) is 0 Å². The van der Waals surface area contributed by atoms with E-state index in [0.717, 1.165) is 22.3 Å². The first-order chi connectivity index (χ1) is 20.1. The van der Waals surface area contributed by atoms with Crippen LogP contribution in [-0.4, -0.2) is 0 Å². The second-order valence-corrected chi connectivity index (χ2v) is 12.4. The summed E-state index contributed by atoms with van der Waals surface area (Å²) in [6.45, 7) is 8.85. The van der Waals surface area contributed by atoms with E-state index in [9.17, 15) is 15.8 Å². The summed E-state index contributed by atoms with van der Waals surface area (Å²) in [7, 11) is 0. The van der Waals surface area contributed by atoms with Crippen molar-refractivity contribution in [3.63, 3.8) is 0 Å². The number of hydrogen-bond acceptors (Lipinski definition) is 3. The van der Waals surface area contributed by atoms with E-state index < -0.39 is 0 Å². The van der Waals surface area contributed by atoms with Crippen LogP contribution in [-0.2, 0) is 10.8 Å². The van der Waals surface area contributed by atoms with E-state index in [1.807, 2.05) is 36.4 Å². The van der Waals surface area contributed by atoms with E-state index in [4.69, 9.17) is 0 Å². The van der Waals surface area contributed by atoms with Crippen molar-refractivity contribution in [3.8, 4) is 62.7 Å². The van der Waals surface area contributed by atoms with Gasteiger partial charge in [-0.25, -0.2) is 0 Å². The molecule has 0 unspecified atom stereocenters. The summed E-state index contributed by atoms with van der Waals surface area (Å²) in [5.74, 6) is 0. The number of nitriles is 3. The molecule has 3 nitrogen and oxygen atoms in total. The van der Waals surface area contributed by atoms with Gasteiger partial charge in [0.1, 0.15) is 0 Å². The molecule has 0 radical (unpaired) electrons. The molecule has 0 N–H and O–H groups in total. The summed E-state index contributed by atoms with van der Waals surface area (Å²) >= 11 is 0. The van der Waals surface area contributed by atoms with Crippen molar-refractivity contribution in [2.75, 3.05) is 0 Å². The molecule has 0 saturated carbocycles. The predicted octanol–water partition coefficient (Wildman–Crippen LogP) is 9.25. The summed E-state index contributed by atoms with van der Waals surface area (Å²) in [6.07, 6.45) is 0. The fourth-order valence-electron chi connectivity index (χ4n) is 7.00. The van der Waals surface area contributed by atoms with Gasteiger partial charge in [-0.05, 0) is 121 Å². The first-order valence-electron chi connectivity index (χ1n) is 14.1. The molecule has 0 fully saturated rings. The number of rotatable bonds is 2. The molecule has 198 valence electrons. The molecule has 7 rings (SSSR count). The highest BCUT2D eigenvalue weighted by Gasteiger charge is 2.37. The summed E-state index contributed by atoms with van der Waals surface area (Å²) in [6, 6.07) is 38.1. The monoisotopic (exact) mass is 537 g/mol. The van der Waals surface area contributed by atoms with Gasteiger partial charge in [0.2, 0.25) is 0 Å². The van der Waals surface area contributed by atoms with Crippen molar-refractivity contribution in [2.45, 2.75) is 38.5 Å². The third-order valence-corrected chi connectivity index (χ3v) is 9.34. The minimum Gasteiger partial charge on any atom is -0.192 e. The Morgan fingerprint density at radius 3 is 1.12 bits per heavy atom. The van der Waals surface area contributed by atoms with Crippen LogP contribution in [0.4, 0.5) is 0 Å². The smallest absolute Gasteiger partial charge is 0.0992 e. The van der Waals surface area contributed by atoms with Crippen molar-refractivity contribution in [1.29, 1.82) is 15.8 Å². The standard InChI is InChI=1S/C39H27N3/c1-38(2)34-15-23(20-40)5-9-30(34)32-11-7-26(18-36(32)38)28-13-25(22-42)14-29(17-28)27-8-12-33-31-10-6-24(21-41)16-35(31)39(3,4)37(33)19-27/h5-19H,1-4H3. The lowest BCUT2D eigenvalue weighted by Gasteiger charge is -2.22. The van der Waals surface area contributed by atoms with E-state index in [2.05, 4.69) is 100 Å². The zero-order chi connectivity index (χ0) is 29.4. The molecular weight excluding hydrogens is 510 g/mol. The molecule has 0 aliphatic heterocycles. The van der Waals surface area contributed by atoms with E-state index >= 15 is 0 Å². The number of benzene rings is 5. The molecule has 3 heteroatoms. The molecule has 0 heterocycles. The van der Waals surface area contributed by atoms with Gasteiger partial charge in [-0.2, -0.15) is 15.8 Å². The second kappa shape index (κ2) is 8.78. The van der Waals surface area contributed by atoms with Crippen molar-refractivity contribution >= 4 is 0 Å². The molecule has 0 atom stereocenters. The molecule has 42 heavy (non-hydrogen) atoms. The van der Waals surface area contributed by atoms with Crippen molar-refractivity contribution in [2.24, 2.45) is 0 Å². The molecular formula is C39H27N3. The van der Waals surface area contributed by atoms with Gasteiger partial charge in [-0.3, -0.25) is 0 Å². The molecule has 0 spiro atoms. The van der Waals surface area contributed by atoms with Gasteiger partial charge in [-0.15, -0.1) is 0 Å². The Hall–Kier alpha value is -5.43. The number of fused-ring (bicyclic) bond motifs is 6. The lowest BCUT2D eigenvalue weighted by molar-refractivity contribution is 0.660. The van der Waals surface area contributed by atoms with Crippen LogP contribution in [0.3, 0.4) is 0 Å². The minimum absolute atomic E-state index is 0.241. The van der Waals surface area contributed by atoms with E-state index in [-0.39, 0.29) is 10.8 Å². The van der Waals surface area contributed by atoms with Crippen LogP contribution in [0.2, 0.25) is 0 Å². The molecule has 0 bridgehead atoms. The van der Waals surface area contributed by atoms with Gasteiger partial charge in [0.15, 0.2) is 0 Å². The van der Waals surface area contributed by atoms with Crippen LogP contribution in [0.1, 0.15) is 66.6 Å². The normalized spacial score (nSPS) is 14.5. The third kappa shape index (κ3) is 3.56. The minimum atomic E-state index is -0.241. The quantitative estimate of drug-likeness (QED) is 0.225. The summed E-state index contributed by atoms with van der Waals surface area (Å²) < 4.78 is 0. The molecule has 0 amide bonds. The van der Waals surface area contributed by atoms with Crippen LogP contribution in [0.5, 0.6) is 0 Å². The van der Waals surface area contributed by atoms with Crippen LogP contribution in [0.15, 0.2) is 91.0 Å². The summed E-state index contributed by atoms with van der Waals surface area (Å²) in [5.41, 5.74) is 15.1. The largest absolute Gasteiger partial charge is 0.192 e. The Kier molecular flexibility index (Phi) is 5.34. The average Bonchev–Trinajstić information content (AvgIpc) is 3.38. The van der Waals surface area contributed by atoms with Crippen molar-refractivity contribution < 1.29 is 0 Å². The van der Waals surface area contributed by atoms with E-state index in [0.29, 0.717) is 16.7 Å². The maximum atomic E-state index is 9.99. The fourth-order valence-corrected chi connectivity index (χ4v) is 7.00. The zero-order valence-corrected chi connectivity index (χ0v) is 24.0. The van der Waals surface area contributed by atoms with E-state index in [1.165, 1.54) is 44.5 Å². The molecule has 0 aromatic heterocycles.